The average Bonchev–Trinajstić information content (AvgIpc) is 2.85. The first-order valence-corrected chi connectivity index (χ1v) is 14.9. The lowest BCUT2D eigenvalue weighted by atomic mass is 9.72. The molecular formula is C40H52. The Hall–Kier alpha value is -3.22. The molecule has 0 aromatic rings. The van der Waals surface area contributed by atoms with Crippen molar-refractivity contribution in [2.75, 3.05) is 0 Å². The summed E-state index contributed by atoms with van der Waals surface area (Å²) in [4.78, 5) is 0. The van der Waals surface area contributed by atoms with Gasteiger partial charge in [-0.3, -0.25) is 0 Å². The van der Waals surface area contributed by atoms with Crippen LogP contribution in [0.2, 0.25) is 0 Å². The molecule has 0 heterocycles. The third-order valence-electron chi connectivity index (χ3n) is 7.81. The first kappa shape index (κ1) is 33.0. The lowest BCUT2D eigenvalue weighted by Gasteiger charge is -2.32. The molecule has 0 nitrogen and oxygen atoms in total. The van der Waals surface area contributed by atoms with Gasteiger partial charge in [0.2, 0.25) is 0 Å². The second-order valence-corrected chi connectivity index (χ2v) is 12.9. The van der Waals surface area contributed by atoms with Crippen molar-refractivity contribution in [3.8, 4) is 23.7 Å². The van der Waals surface area contributed by atoms with Crippen molar-refractivity contribution in [2.24, 2.45) is 16.7 Å². The zero-order valence-corrected chi connectivity index (χ0v) is 27.0. The van der Waals surface area contributed by atoms with Crippen molar-refractivity contribution in [3.63, 3.8) is 0 Å². The molecule has 0 aromatic heterocycles. The Kier molecular flexibility index (Phi) is 12.8. The minimum Gasteiger partial charge on any atom is -0.0989 e. The summed E-state index contributed by atoms with van der Waals surface area (Å²) in [6.45, 7) is 22.3. The van der Waals surface area contributed by atoms with E-state index in [1.165, 1.54) is 47.1 Å². The zero-order chi connectivity index (χ0) is 29.8. The van der Waals surface area contributed by atoms with Gasteiger partial charge < -0.3 is 0 Å². The highest BCUT2D eigenvalue weighted by molar-refractivity contribution is 5.45. The van der Waals surface area contributed by atoms with Crippen molar-refractivity contribution in [1.82, 2.24) is 0 Å². The van der Waals surface area contributed by atoms with Crippen LogP contribution in [0.25, 0.3) is 0 Å². The van der Waals surface area contributed by atoms with Crippen molar-refractivity contribution in [2.45, 2.75) is 101 Å². The average molecular weight is 533 g/mol. The molecule has 1 atom stereocenters. The molecule has 1 unspecified atom stereocenters. The molecule has 2 aliphatic rings. The molecular weight excluding hydrogens is 480 g/mol. The maximum Gasteiger partial charge on any atom is 0.0299 e. The topological polar surface area (TPSA) is 0 Å². The molecule has 0 spiro atoms. The molecule has 0 N–H and O–H groups in total. The van der Waals surface area contributed by atoms with Crippen molar-refractivity contribution in [3.05, 3.63) is 106 Å². The van der Waals surface area contributed by atoms with E-state index in [-0.39, 0.29) is 16.7 Å². The van der Waals surface area contributed by atoms with E-state index in [1.807, 2.05) is 6.08 Å². The van der Waals surface area contributed by atoms with Gasteiger partial charge in [-0.25, -0.2) is 0 Å². The highest BCUT2D eigenvalue weighted by Crippen LogP contribution is 2.41. The van der Waals surface area contributed by atoms with Crippen molar-refractivity contribution >= 4 is 0 Å². The summed E-state index contributed by atoms with van der Waals surface area (Å²) in [5.41, 5.74) is 9.81. The van der Waals surface area contributed by atoms with Crippen LogP contribution in [0.3, 0.4) is 0 Å². The molecule has 0 heteroatoms. The van der Waals surface area contributed by atoms with Crippen LogP contribution in [0.1, 0.15) is 101 Å². The standard InChI is InChI=1S/C40H52/c1-31(19-13-21-33(3)25-27-37-35(5)23-15-29-39(37,7)8)17-11-12-18-32(2)20-14-22-34(4)26-28-38-36(6)24-16-30-40(38,9)10/h13,16-17,19,21,24-28,30,32H,15,18,22-23,29H2,1-10H3/b19-13+,27-25+,31-17+,33-21+,34-26+,38-28+. The molecule has 40 heavy (non-hydrogen) atoms. The Bertz CT molecular complexity index is 1310. The van der Waals surface area contributed by atoms with Crippen LogP contribution in [0.4, 0.5) is 0 Å². The molecule has 0 saturated carbocycles. The summed E-state index contributed by atoms with van der Waals surface area (Å²) in [6.07, 6.45) is 29.4. The van der Waals surface area contributed by atoms with E-state index in [9.17, 15) is 0 Å². The van der Waals surface area contributed by atoms with Gasteiger partial charge in [-0.1, -0.05) is 136 Å². The van der Waals surface area contributed by atoms with E-state index >= 15 is 0 Å². The normalized spacial score (nSPS) is 21.3. The fourth-order valence-corrected chi connectivity index (χ4v) is 5.22. The predicted molar refractivity (Wildman–Crippen MR) is 179 cm³/mol. The molecule has 2 rings (SSSR count). The Labute approximate surface area is 247 Å². The van der Waals surface area contributed by atoms with Crippen LogP contribution < -0.4 is 0 Å². The van der Waals surface area contributed by atoms with E-state index in [4.69, 9.17) is 0 Å². The Morgan fingerprint density at radius 3 is 2.45 bits per heavy atom. The smallest absolute Gasteiger partial charge is 0.0299 e. The van der Waals surface area contributed by atoms with Gasteiger partial charge in [-0.05, 0) is 87.7 Å². The molecule has 0 amide bonds. The number of allylic oxidation sites excluding steroid dienone is 18. The maximum atomic E-state index is 3.37. The van der Waals surface area contributed by atoms with Crippen molar-refractivity contribution in [1.29, 1.82) is 0 Å². The minimum atomic E-state index is 0.0767. The molecule has 0 aliphatic heterocycles. The first-order chi connectivity index (χ1) is 18.8. The van der Waals surface area contributed by atoms with E-state index in [1.54, 1.807) is 5.57 Å². The van der Waals surface area contributed by atoms with E-state index < -0.39 is 0 Å². The summed E-state index contributed by atoms with van der Waals surface area (Å²) >= 11 is 0. The lowest BCUT2D eigenvalue weighted by Crippen LogP contribution is -2.19. The SMILES string of the molecule is CC1=CC=CC(C)(C)/C1=C/C=C(\C)CC#CC(C)CC#C/C=C(C)/C=C/C=C(C)/C=C/C1=C(C)CCCC1(C)C. The lowest BCUT2D eigenvalue weighted by molar-refractivity contribution is 0.377. The van der Waals surface area contributed by atoms with Gasteiger partial charge in [-0.15, -0.1) is 0 Å². The molecule has 2 aliphatic carbocycles. The van der Waals surface area contributed by atoms with E-state index in [0.717, 1.165) is 18.4 Å². The quantitative estimate of drug-likeness (QED) is 0.226. The van der Waals surface area contributed by atoms with Crippen LogP contribution >= 0.6 is 0 Å². The van der Waals surface area contributed by atoms with Gasteiger partial charge in [0, 0.05) is 24.2 Å². The largest absolute Gasteiger partial charge is 0.0989 e. The maximum absolute atomic E-state index is 3.37. The molecule has 0 saturated heterocycles. The van der Waals surface area contributed by atoms with Crippen LogP contribution in [-0.4, -0.2) is 0 Å². The monoisotopic (exact) mass is 532 g/mol. The highest BCUT2D eigenvalue weighted by atomic mass is 14.3. The first-order valence-electron chi connectivity index (χ1n) is 14.9. The van der Waals surface area contributed by atoms with E-state index in [2.05, 4.69) is 154 Å². The van der Waals surface area contributed by atoms with Gasteiger partial charge in [0.1, 0.15) is 0 Å². The number of hydrogen-bond donors (Lipinski definition) is 0. The molecule has 0 aromatic carbocycles. The Morgan fingerprint density at radius 2 is 1.75 bits per heavy atom. The molecule has 0 bridgehead atoms. The van der Waals surface area contributed by atoms with Crippen LogP contribution in [0, 0.1) is 40.4 Å². The van der Waals surface area contributed by atoms with Gasteiger partial charge >= 0.3 is 0 Å². The Morgan fingerprint density at radius 1 is 1.00 bits per heavy atom. The number of hydrogen-bond acceptors (Lipinski definition) is 0. The second-order valence-electron chi connectivity index (χ2n) is 12.9. The minimum absolute atomic E-state index is 0.0767. The molecule has 0 fully saturated rings. The summed E-state index contributed by atoms with van der Waals surface area (Å²) in [5, 5.41) is 0. The third-order valence-corrected chi connectivity index (χ3v) is 7.81. The summed E-state index contributed by atoms with van der Waals surface area (Å²) in [5.74, 6) is 13.5. The fourth-order valence-electron chi connectivity index (χ4n) is 5.22. The Balaban J connectivity index is 1.84. The molecule has 212 valence electrons. The molecule has 0 radical (unpaired) electrons. The second kappa shape index (κ2) is 15.5. The van der Waals surface area contributed by atoms with Crippen LogP contribution in [0.5, 0.6) is 0 Å². The van der Waals surface area contributed by atoms with E-state index in [0.29, 0.717) is 0 Å². The summed E-state index contributed by atoms with van der Waals surface area (Å²) in [7, 11) is 0. The third kappa shape index (κ3) is 11.1. The van der Waals surface area contributed by atoms with Crippen LogP contribution in [0.15, 0.2) is 106 Å². The van der Waals surface area contributed by atoms with Crippen molar-refractivity contribution < 1.29 is 0 Å². The van der Waals surface area contributed by atoms with Gasteiger partial charge in [0.05, 0.1) is 0 Å². The van der Waals surface area contributed by atoms with Gasteiger partial charge in [0.25, 0.3) is 0 Å². The van der Waals surface area contributed by atoms with Gasteiger partial charge in [0.15, 0.2) is 0 Å². The zero-order valence-electron chi connectivity index (χ0n) is 27.0. The fraction of sp³-hybridized carbons (Fsp3) is 0.450. The van der Waals surface area contributed by atoms with Crippen LogP contribution in [-0.2, 0) is 0 Å². The summed E-state index contributed by atoms with van der Waals surface area (Å²) in [6, 6.07) is 0. The summed E-state index contributed by atoms with van der Waals surface area (Å²) < 4.78 is 0. The highest BCUT2D eigenvalue weighted by Gasteiger charge is 2.26. The number of rotatable bonds is 7. The van der Waals surface area contributed by atoms with Gasteiger partial charge in [-0.2, -0.15) is 0 Å². The predicted octanol–water partition coefficient (Wildman–Crippen LogP) is 11.4.